The number of piperidine rings is 1. The van der Waals surface area contributed by atoms with Gasteiger partial charge in [0, 0.05) is 50.8 Å². The third-order valence-corrected chi connectivity index (χ3v) is 6.06. The van der Waals surface area contributed by atoms with E-state index in [-0.39, 0.29) is 30.3 Å². The van der Waals surface area contributed by atoms with E-state index in [0.29, 0.717) is 25.2 Å². The lowest BCUT2D eigenvalue weighted by molar-refractivity contribution is 0.0434. The molecule has 0 radical (unpaired) electrons. The third kappa shape index (κ3) is 4.97. The van der Waals surface area contributed by atoms with Crippen LogP contribution in [0.4, 0.5) is 8.78 Å². The summed E-state index contributed by atoms with van der Waals surface area (Å²) in [6.45, 7) is 3.17. The molecule has 0 unspecified atom stereocenters. The second kappa shape index (κ2) is 9.34. The van der Waals surface area contributed by atoms with E-state index < -0.39 is 11.5 Å². The summed E-state index contributed by atoms with van der Waals surface area (Å²) in [5.41, 5.74) is 2.40. The van der Waals surface area contributed by atoms with E-state index in [1.54, 1.807) is 11.1 Å². The average Bonchev–Trinajstić information content (AvgIpc) is 3.31. The van der Waals surface area contributed by atoms with Crippen LogP contribution in [-0.2, 0) is 6.54 Å². The monoisotopic (exact) mass is 459 g/mol. The van der Waals surface area contributed by atoms with Gasteiger partial charge in [-0.05, 0) is 42.8 Å². The Balaban J connectivity index is 1.30. The van der Waals surface area contributed by atoms with Crippen LogP contribution in [0.2, 0.25) is 5.02 Å². The molecular weight excluding hydrogens is 436 g/mol. The van der Waals surface area contributed by atoms with Gasteiger partial charge in [-0.3, -0.25) is 9.89 Å². The van der Waals surface area contributed by atoms with E-state index in [2.05, 4.69) is 20.5 Å². The number of pyridine rings is 1. The van der Waals surface area contributed by atoms with Gasteiger partial charge in [-0.15, -0.1) is 0 Å². The SMILES string of the molecule is Cc1ccc(CNCC2(F)CCN(C(=O)c3ccc(F)c(Cl)c3)CC2)nc1-c1ccn[nH]1. The fourth-order valence-electron chi connectivity index (χ4n) is 3.84. The molecule has 3 aromatic rings. The summed E-state index contributed by atoms with van der Waals surface area (Å²) in [5, 5.41) is 9.95. The Morgan fingerprint density at radius 1 is 1.25 bits per heavy atom. The largest absolute Gasteiger partial charge is 0.338 e. The second-order valence-electron chi connectivity index (χ2n) is 8.11. The molecule has 1 saturated heterocycles. The molecule has 0 atom stereocenters. The van der Waals surface area contributed by atoms with Crippen LogP contribution in [0, 0.1) is 12.7 Å². The highest BCUT2D eigenvalue weighted by Gasteiger charge is 2.36. The van der Waals surface area contributed by atoms with Crippen molar-refractivity contribution in [1.29, 1.82) is 0 Å². The molecule has 9 heteroatoms. The highest BCUT2D eigenvalue weighted by Crippen LogP contribution is 2.28. The molecule has 1 aromatic carbocycles. The van der Waals surface area contributed by atoms with Crippen LogP contribution >= 0.6 is 11.6 Å². The van der Waals surface area contributed by atoms with Gasteiger partial charge in [-0.25, -0.2) is 13.8 Å². The summed E-state index contributed by atoms with van der Waals surface area (Å²) < 4.78 is 28.6. The lowest BCUT2D eigenvalue weighted by Gasteiger charge is -2.36. The van der Waals surface area contributed by atoms with Crippen molar-refractivity contribution in [3.63, 3.8) is 0 Å². The highest BCUT2D eigenvalue weighted by atomic mass is 35.5. The number of halogens is 3. The molecule has 32 heavy (non-hydrogen) atoms. The van der Waals surface area contributed by atoms with Crippen molar-refractivity contribution in [2.24, 2.45) is 0 Å². The summed E-state index contributed by atoms with van der Waals surface area (Å²) in [6, 6.07) is 9.63. The van der Waals surface area contributed by atoms with Crippen molar-refractivity contribution >= 4 is 17.5 Å². The molecule has 1 aliphatic rings. The molecular formula is C23H24ClF2N5O. The van der Waals surface area contributed by atoms with E-state index in [1.165, 1.54) is 18.2 Å². The number of H-pyrrole nitrogens is 1. The van der Waals surface area contributed by atoms with Crippen molar-refractivity contribution in [1.82, 2.24) is 25.4 Å². The lowest BCUT2D eigenvalue weighted by Crippen LogP contribution is -2.48. The first-order valence-electron chi connectivity index (χ1n) is 10.4. The number of carbonyl (C=O) groups is 1. The van der Waals surface area contributed by atoms with Crippen molar-refractivity contribution in [3.05, 3.63) is 70.3 Å². The quantitative estimate of drug-likeness (QED) is 0.576. The average molecular weight is 460 g/mol. The number of rotatable bonds is 6. The fourth-order valence-corrected chi connectivity index (χ4v) is 4.02. The van der Waals surface area contributed by atoms with Gasteiger partial charge in [-0.1, -0.05) is 17.7 Å². The first-order chi connectivity index (χ1) is 15.3. The van der Waals surface area contributed by atoms with Crippen molar-refractivity contribution in [3.8, 4) is 11.4 Å². The van der Waals surface area contributed by atoms with Crippen LogP contribution in [0.3, 0.4) is 0 Å². The van der Waals surface area contributed by atoms with E-state index in [0.717, 1.165) is 22.6 Å². The maximum absolute atomic E-state index is 15.3. The number of hydrogen-bond donors (Lipinski definition) is 2. The number of nitrogens with zero attached hydrogens (tertiary/aromatic N) is 3. The minimum atomic E-state index is -1.41. The normalized spacial score (nSPS) is 15.7. The molecule has 0 spiro atoms. The zero-order valence-corrected chi connectivity index (χ0v) is 18.4. The Kier molecular flexibility index (Phi) is 6.53. The maximum atomic E-state index is 15.3. The van der Waals surface area contributed by atoms with Gasteiger partial charge in [0.15, 0.2) is 0 Å². The second-order valence-corrected chi connectivity index (χ2v) is 8.52. The number of alkyl halides is 1. The topological polar surface area (TPSA) is 73.9 Å². The standard InChI is InChI=1S/C23H24ClF2N5O/c1-15-2-4-17(29-21(15)20-6-9-28-30-20)13-27-14-23(26)7-10-31(11-8-23)22(32)16-3-5-19(25)18(24)12-16/h2-6,9,12,27H,7-8,10-11,13-14H2,1H3,(H,28,30). The molecule has 1 fully saturated rings. The third-order valence-electron chi connectivity index (χ3n) is 5.77. The number of likely N-dealkylation sites (tertiary alicyclic amines) is 1. The number of aromatic nitrogens is 3. The summed E-state index contributed by atoms with van der Waals surface area (Å²) in [4.78, 5) is 18.9. The number of carbonyl (C=O) groups excluding carboxylic acids is 1. The van der Waals surface area contributed by atoms with Crippen molar-refractivity contribution < 1.29 is 13.6 Å². The molecule has 3 heterocycles. The Morgan fingerprint density at radius 3 is 2.72 bits per heavy atom. The summed E-state index contributed by atoms with van der Waals surface area (Å²) >= 11 is 5.77. The number of aromatic amines is 1. The Morgan fingerprint density at radius 2 is 2.03 bits per heavy atom. The van der Waals surface area contributed by atoms with Gasteiger partial charge in [0.25, 0.3) is 5.91 Å². The molecule has 6 nitrogen and oxygen atoms in total. The van der Waals surface area contributed by atoms with Crippen LogP contribution in [0.25, 0.3) is 11.4 Å². The Hall–Kier alpha value is -2.84. The zero-order chi connectivity index (χ0) is 22.7. The van der Waals surface area contributed by atoms with Gasteiger partial charge in [0.2, 0.25) is 0 Å². The molecule has 0 bridgehead atoms. The van der Waals surface area contributed by atoms with Crippen molar-refractivity contribution in [2.45, 2.75) is 32.0 Å². The Bertz CT molecular complexity index is 1100. The summed E-state index contributed by atoms with van der Waals surface area (Å²) in [6.07, 6.45) is 2.12. The van der Waals surface area contributed by atoms with Crippen LogP contribution in [0.1, 0.15) is 34.5 Å². The molecule has 1 aliphatic heterocycles. The lowest BCUT2D eigenvalue weighted by atomic mass is 9.92. The molecule has 2 aromatic heterocycles. The van der Waals surface area contributed by atoms with E-state index in [1.807, 2.05) is 25.1 Å². The summed E-state index contributed by atoms with van der Waals surface area (Å²) in [7, 11) is 0. The number of aryl methyl sites for hydroxylation is 1. The van der Waals surface area contributed by atoms with Crippen LogP contribution < -0.4 is 5.32 Å². The van der Waals surface area contributed by atoms with Gasteiger partial charge >= 0.3 is 0 Å². The first-order valence-corrected chi connectivity index (χ1v) is 10.8. The number of hydrogen-bond acceptors (Lipinski definition) is 4. The zero-order valence-electron chi connectivity index (χ0n) is 17.7. The van der Waals surface area contributed by atoms with Crippen molar-refractivity contribution in [2.75, 3.05) is 19.6 Å². The van der Waals surface area contributed by atoms with E-state index >= 15 is 4.39 Å². The predicted molar refractivity (Wildman–Crippen MR) is 119 cm³/mol. The van der Waals surface area contributed by atoms with Gasteiger partial charge < -0.3 is 10.2 Å². The minimum Gasteiger partial charge on any atom is -0.338 e. The first kappa shape index (κ1) is 22.4. The van der Waals surface area contributed by atoms with E-state index in [9.17, 15) is 9.18 Å². The minimum absolute atomic E-state index is 0.0997. The molecule has 168 valence electrons. The van der Waals surface area contributed by atoms with Gasteiger partial charge in [0.1, 0.15) is 11.5 Å². The van der Waals surface area contributed by atoms with Crippen LogP contribution in [0.15, 0.2) is 42.6 Å². The fraction of sp³-hybridized carbons (Fsp3) is 0.348. The molecule has 0 saturated carbocycles. The highest BCUT2D eigenvalue weighted by molar-refractivity contribution is 6.31. The van der Waals surface area contributed by atoms with Crippen LogP contribution in [-0.4, -0.2) is 51.3 Å². The number of nitrogens with one attached hydrogen (secondary N) is 2. The van der Waals surface area contributed by atoms with Crippen LogP contribution in [0.5, 0.6) is 0 Å². The Labute approximate surface area is 190 Å². The predicted octanol–water partition coefficient (Wildman–Crippen LogP) is 4.31. The maximum Gasteiger partial charge on any atom is 0.253 e. The molecule has 2 N–H and O–H groups in total. The van der Waals surface area contributed by atoms with Gasteiger partial charge in [0.05, 0.1) is 22.1 Å². The van der Waals surface area contributed by atoms with Gasteiger partial charge in [-0.2, -0.15) is 5.10 Å². The molecule has 4 rings (SSSR count). The molecule has 0 aliphatic carbocycles. The number of benzene rings is 1. The smallest absolute Gasteiger partial charge is 0.253 e. The molecule has 1 amide bonds. The number of amides is 1. The van der Waals surface area contributed by atoms with E-state index in [4.69, 9.17) is 11.6 Å². The summed E-state index contributed by atoms with van der Waals surface area (Å²) in [5.74, 6) is -0.840.